The van der Waals surface area contributed by atoms with E-state index in [0.29, 0.717) is 51.6 Å². The van der Waals surface area contributed by atoms with Crippen LogP contribution in [0.3, 0.4) is 0 Å². The molecule has 14 nitrogen and oxygen atoms in total. The summed E-state index contributed by atoms with van der Waals surface area (Å²) in [5.74, 6) is -2.79. The molecule has 0 aromatic heterocycles. The van der Waals surface area contributed by atoms with Crippen LogP contribution in [0.2, 0.25) is 0 Å². The summed E-state index contributed by atoms with van der Waals surface area (Å²) in [5.41, 5.74) is -0.997. The van der Waals surface area contributed by atoms with Crippen LogP contribution < -0.4 is 10.6 Å². The van der Waals surface area contributed by atoms with Crippen molar-refractivity contribution in [1.29, 1.82) is 0 Å². The molecule has 0 radical (unpaired) electrons. The Balaban J connectivity index is 1.13. The maximum absolute atomic E-state index is 16.3. The molecular weight excluding hydrogens is 605 g/mol. The molecule has 0 aromatic carbocycles. The number of hydrogen-bond donors (Lipinski definition) is 3. The minimum Gasteiger partial charge on any atom is -0.478 e. The zero-order valence-electron chi connectivity index (χ0n) is 26.4. The first-order valence-corrected chi connectivity index (χ1v) is 16.6. The van der Waals surface area contributed by atoms with Crippen molar-refractivity contribution in [2.75, 3.05) is 13.1 Å². The summed E-state index contributed by atoms with van der Waals surface area (Å²) >= 11 is 0. The Kier molecular flexibility index (Phi) is 8.04. The monoisotopic (exact) mass is 649 g/mol. The number of ether oxygens (including phenoxy) is 3. The molecule has 4 heterocycles. The molecule has 6 fully saturated rings. The van der Waals surface area contributed by atoms with Crippen molar-refractivity contribution in [3.63, 3.8) is 0 Å². The zero-order chi connectivity index (χ0) is 32.7. The van der Waals surface area contributed by atoms with E-state index < -0.39 is 59.8 Å². The Labute approximate surface area is 266 Å². The van der Waals surface area contributed by atoms with E-state index in [2.05, 4.69) is 10.6 Å². The molecule has 3 aliphatic carbocycles. The van der Waals surface area contributed by atoms with Crippen LogP contribution in [0, 0.1) is 16.0 Å². The maximum Gasteiger partial charge on any atom is 0.407 e. The van der Waals surface area contributed by atoms with Gasteiger partial charge in [-0.15, -0.1) is 0 Å². The summed E-state index contributed by atoms with van der Waals surface area (Å²) in [4.78, 5) is 53.3. The minimum atomic E-state index is -1.44. The van der Waals surface area contributed by atoms with Crippen molar-refractivity contribution in [2.24, 2.45) is 5.92 Å². The van der Waals surface area contributed by atoms with Gasteiger partial charge in [-0.1, -0.05) is 0 Å². The summed E-state index contributed by atoms with van der Waals surface area (Å²) in [5, 5.41) is 28.0. The molecule has 0 aromatic rings. The average molecular weight is 650 g/mol. The van der Waals surface area contributed by atoms with Crippen molar-refractivity contribution in [2.45, 2.75) is 144 Å². The smallest absolute Gasteiger partial charge is 0.407 e. The van der Waals surface area contributed by atoms with Gasteiger partial charge >= 0.3 is 12.1 Å². The first-order valence-electron chi connectivity index (χ1n) is 16.6. The third-order valence-corrected chi connectivity index (χ3v) is 11.1. The third kappa shape index (κ3) is 5.66. The lowest BCUT2D eigenvalue weighted by Gasteiger charge is -2.62. The molecule has 12 unspecified atom stereocenters. The number of aliphatic carboxylic acids is 1. The normalized spacial score (nSPS) is 43.7. The Morgan fingerprint density at radius 2 is 1.85 bits per heavy atom. The topological polar surface area (TPSA) is 173 Å². The molecule has 15 heteroatoms. The summed E-state index contributed by atoms with van der Waals surface area (Å²) in [7, 11) is 0. The Hall–Kier alpha value is -2.88. The number of nitrogens with one attached hydrogen (secondary N) is 2. The molecule has 13 atom stereocenters. The number of carbonyl (C=O) groups is 3. The van der Waals surface area contributed by atoms with Gasteiger partial charge in [-0.25, -0.2) is 14.0 Å². The van der Waals surface area contributed by atoms with Crippen LogP contribution in [0.4, 0.5) is 9.18 Å². The van der Waals surface area contributed by atoms with Crippen molar-refractivity contribution in [3.05, 3.63) is 21.9 Å². The number of nitro groups is 1. The van der Waals surface area contributed by atoms with Gasteiger partial charge < -0.3 is 34.9 Å². The fourth-order valence-electron chi connectivity index (χ4n) is 9.26. The molecule has 3 N–H and O–H groups in total. The quantitative estimate of drug-likeness (QED) is 0.227. The van der Waals surface area contributed by atoms with Gasteiger partial charge in [0.1, 0.15) is 17.3 Å². The maximum atomic E-state index is 16.3. The number of rotatable bonds is 4. The van der Waals surface area contributed by atoms with E-state index in [4.69, 9.17) is 14.2 Å². The number of hydrogen-bond acceptors (Lipinski definition) is 11. The standard InChI is InChI=1S/C31H44FN5O9/c1-31(2,3)46-30(41)33-14-6-7-35(12-14)26-18(32)9-16-25-28(26)45-24-10-20-23(11-21(24)36(25)13-17(27(16)38)29(39)40)44-22-8-15(37(42)43)4-5-19(22)34-20/h13-16,18-26,28,34H,4-12H2,1-3H3,(H,33,41)(H,39,40)/t14-,15?,16?,18?,19?,20?,21?,22?,23?,24?,25?,26?,28?/m0/s1. The van der Waals surface area contributed by atoms with Gasteiger partial charge in [0, 0.05) is 61.1 Å². The van der Waals surface area contributed by atoms with Gasteiger partial charge in [0.2, 0.25) is 6.04 Å². The van der Waals surface area contributed by atoms with Crippen molar-refractivity contribution >= 4 is 17.8 Å². The molecule has 254 valence electrons. The Bertz CT molecular complexity index is 1310. The van der Waals surface area contributed by atoms with Crippen LogP contribution in [-0.2, 0) is 23.8 Å². The number of carboxylic acids is 1. The lowest BCUT2D eigenvalue weighted by Crippen LogP contribution is -2.75. The van der Waals surface area contributed by atoms with Gasteiger partial charge in [0.25, 0.3) is 0 Å². The summed E-state index contributed by atoms with van der Waals surface area (Å²) in [6.45, 7) is 6.28. The van der Waals surface area contributed by atoms with E-state index >= 15 is 4.39 Å². The summed E-state index contributed by atoms with van der Waals surface area (Å²) in [6, 6.07) is -2.50. The van der Waals surface area contributed by atoms with Crippen LogP contribution in [-0.4, -0.2) is 129 Å². The van der Waals surface area contributed by atoms with Gasteiger partial charge in [-0.2, -0.15) is 0 Å². The van der Waals surface area contributed by atoms with Crippen LogP contribution >= 0.6 is 0 Å². The van der Waals surface area contributed by atoms with Crippen molar-refractivity contribution in [3.8, 4) is 0 Å². The van der Waals surface area contributed by atoms with Crippen LogP contribution in [0.1, 0.15) is 65.7 Å². The number of amides is 1. The van der Waals surface area contributed by atoms with Crippen LogP contribution in [0.15, 0.2) is 11.8 Å². The van der Waals surface area contributed by atoms with Crippen molar-refractivity contribution in [1.82, 2.24) is 20.4 Å². The van der Waals surface area contributed by atoms with Gasteiger partial charge in [-0.05, 0) is 52.9 Å². The summed E-state index contributed by atoms with van der Waals surface area (Å²) in [6.07, 6.45) is 0.809. The van der Waals surface area contributed by atoms with E-state index in [1.165, 1.54) is 6.20 Å². The lowest BCUT2D eigenvalue weighted by atomic mass is 9.69. The number of morpholine rings is 2. The van der Waals surface area contributed by atoms with Gasteiger partial charge in [0.05, 0.1) is 42.5 Å². The second-order valence-electron chi connectivity index (χ2n) is 15.1. The largest absolute Gasteiger partial charge is 0.478 e. The predicted octanol–water partition coefficient (Wildman–Crippen LogP) is 1.39. The molecule has 1 amide bonds. The lowest BCUT2D eigenvalue weighted by molar-refractivity contribution is -0.529. The number of Topliss-reactive ketones (excluding diaryl/α,β-unsaturated/α-hetero) is 1. The van der Waals surface area contributed by atoms with E-state index in [-0.39, 0.29) is 59.4 Å². The van der Waals surface area contributed by atoms with Gasteiger partial charge in [0.15, 0.2) is 5.78 Å². The molecule has 0 spiro atoms. The number of halogens is 1. The molecular formula is C31H44FN5O9. The molecule has 7 rings (SSSR count). The Morgan fingerprint density at radius 1 is 1.09 bits per heavy atom. The first kappa shape index (κ1) is 31.7. The van der Waals surface area contributed by atoms with Gasteiger partial charge in [-0.3, -0.25) is 19.8 Å². The van der Waals surface area contributed by atoms with E-state index in [0.717, 1.165) is 0 Å². The highest BCUT2D eigenvalue weighted by atomic mass is 19.1. The number of carboxylic acid groups (broad SMARTS) is 1. The predicted molar refractivity (Wildman–Crippen MR) is 158 cm³/mol. The number of likely N-dealkylation sites (tertiary alicyclic amines) is 1. The van der Waals surface area contributed by atoms with Crippen molar-refractivity contribution < 1.29 is 43.0 Å². The highest BCUT2D eigenvalue weighted by Gasteiger charge is 2.62. The number of ketones is 1. The second kappa shape index (κ2) is 11.7. The third-order valence-electron chi connectivity index (χ3n) is 11.1. The number of fused-ring (bicyclic) bond motifs is 4. The van der Waals surface area contributed by atoms with Crippen LogP contribution in [0.5, 0.6) is 0 Å². The average Bonchev–Trinajstić information content (AvgIpc) is 3.42. The molecule has 3 saturated carbocycles. The Morgan fingerprint density at radius 3 is 2.57 bits per heavy atom. The number of carbonyl (C=O) groups excluding carboxylic acids is 2. The highest BCUT2D eigenvalue weighted by Crippen LogP contribution is 2.48. The van der Waals surface area contributed by atoms with E-state index in [1.807, 2.05) is 9.80 Å². The molecule has 7 aliphatic rings. The molecule has 0 bridgehead atoms. The number of nitrogens with zero attached hydrogens (tertiary/aromatic N) is 3. The minimum absolute atomic E-state index is 0.00232. The highest BCUT2D eigenvalue weighted by molar-refractivity contribution is 6.18. The fourth-order valence-corrected chi connectivity index (χ4v) is 9.26. The van der Waals surface area contributed by atoms with E-state index in [9.17, 15) is 29.6 Å². The molecule has 46 heavy (non-hydrogen) atoms. The number of alkyl halides is 1. The van der Waals surface area contributed by atoms with E-state index in [1.54, 1.807) is 20.8 Å². The fraction of sp³-hybridized carbons (Fsp3) is 0.839. The molecule has 3 saturated heterocycles. The SMILES string of the molecule is CC(C)(C)OC(=O)N[C@H]1CCN(C2C(F)CC3C(=O)C(C(=O)O)=CN4C5CC6OC7CC([N+](=O)[O-])CCC7NC6CC5OC2C34)C1. The number of alkyl carbamates (subject to hydrolysis) is 1. The zero-order valence-corrected chi connectivity index (χ0v) is 26.4. The summed E-state index contributed by atoms with van der Waals surface area (Å²) < 4.78 is 35.1. The first-order chi connectivity index (χ1) is 21.8. The van der Waals surface area contributed by atoms with Crippen LogP contribution in [0.25, 0.3) is 0 Å². The molecule has 4 aliphatic heterocycles. The second-order valence-corrected chi connectivity index (χ2v) is 15.1.